The molecule has 106 valence electrons. The molecule has 0 spiro atoms. The first-order chi connectivity index (χ1) is 9.10. The molecule has 2 rings (SSSR count). The lowest BCUT2D eigenvalue weighted by atomic mass is 9.77. The van der Waals surface area contributed by atoms with E-state index in [4.69, 9.17) is 14.6 Å². The SMILES string of the molecule is Cc1cc(B2OC(C)(C)C(C)(C)O2)c(F)c(C#N)c1Br. The number of nitrogens with zero attached hydrogens (tertiary/aromatic N) is 1. The van der Waals surface area contributed by atoms with E-state index in [1.165, 1.54) is 0 Å². The molecule has 6 heteroatoms. The fourth-order valence-electron chi connectivity index (χ4n) is 2.04. The zero-order valence-corrected chi connectivity index (χ0v) is 13.8. The van der Waals surface area contributed by atoms with Crippen molar-refractivity contribution in [2.75, 3.05) is 0 Å². The number of rotatable bonds is 1. The van der Waals surface area contributed by atoms with Crippen molar-refractivity contribution in [3.8, 4) is 6.07 Å². The van der Waals surface area contributed by atoms with Crippen LogP contribution in [0.1, 0.15) is 38.8 Å². The van der Waals surface area contributed by atoms with Crippen LogP contribution in [0.4, 0.5) is 4.39 Å². The van der Waals surface area contributed by atoms with E-state index in [0.717, 1.165) is 5.56 Å². The van der Waals surface area contributed by atoms with Crippen molar-refractivity contribution >= 4 is 28.5 Å². The van der Waals surface area contributed by atoms with E-state index in [1.54, 1.807) is 13.0 Å². The summed E-state index contributed by atoms with van der Waals surface area (Å²) in [5, 5.41) is 9.09. The molecule has 0 amide bonds. The third-order valence-electron chi connectivity index (χ3n) is 4.03. The van der Waals surface area contributed by atoms with Crippen LogP contribution in [0.3, 0.4) is 0 Å². The first-order valence-electron chi connectivity index (χ1n) is 6.35. The molecule has 1 aliphatic rings. The van der Waals surface area contributed by atoms with Crippen LogP contribution in [-0.2, 0) is 9.31 Å². The fraction of sp³-hybridized carbons (Fsp3) is 0.500. The molecule has 0 bridgehead atoms. The van der Waals surface area contributed by atoms with Crippen molar-refractivity contribution in [2.24, 2.45) is 0 Å². The number of hydrogen-bond acceptors (Lipinski definition) is 3. The zero-order valence-electron chi connectivity index (χ0n) is 12.2. The summed E-state index contributed by atoms with van der Waals surface area (Å²) in [6.07, 6.45) is 0. The summed E-state index contributed by atoms with van der Waals surface area (Å²) in [7, 11) is -0.807. The van der Waals surface area contributed by atoms with Crippen LogP contribution in [-0.4, -0.2) is 18.3 Å². The lowest BCUT2D eigenvalue weighted by Crippen LogP contribution is -2.41. The van der Waals surface area contributed by atoms with E-state index in [0.29, 0.717) is 4.47 Å². The molecule has 0 unspecified atom stereocenters. The molecule has 0 aromatic heterocycles. The van der Waals surface area contributed by atoms with Crippen LogP contribution < -0.4 is 5.46 Å². The van der Waals surface area contributed by atoms with E-state index < -0.39 is 24.1 Å². The summed E-state index contributed by atoms with van der Waals surface area (Å²) in [4.78, 5) is 0. The third-order valence-corrected chi connectivity index (χ3v) is 5.05. The Bertz CT molecular complexity index is 594. The van der Waals surface area contributed by atoms with Crippen molar-refractivity contribution in [1.82, 2.24) is 0 Å². The Labute approximate surface area is 127 Å². The van der Waals surface area contributed by atoms with Gasteiger partial charge in [0.2, 0.25) is 0 Å². The predicted octanol–water partition coefficient (Wildman–Crippen LogP) is 3.07. The van der Waals surface area contributed by atoms with Gasteiger partial charge in [0, 0.05) is 9.94 Å². The Hall–Kier alpha value is -0.895. The highest BCUT2D eigenvalue weighted by molar-refractivity contribution is 9.10. The second kappa shape index (κ2) is 4.83. The summed E-state index contributed by atoms with van der Waals surface area (Å²) >= 11 is 3.23. The van der Waals surface area contributed by atoms with E-state index in [2.05, 4.69) is 15.9 Å². The first-order valence-corrected chi connectivity index (χ1v) is 7.14. The van der Waals surface area contributed by atoms with Gasteiger partial charge in [-0.15, -0.1) is 0 Å². The fourth-order valence-corrected chi connectivity index (χ4v) is 2.41. The van der Waals surface area contributed by atoms with Gasteiger partial charge < -0.3 is 9.31 Å². The molecular formula is C14H16BBrFNO2. The van der Waals surface area contributed by atoms with Crippen LogP contribution in [0.15, 0.2) is 10.5 Å². The Morgan fingerprint density at radius 1 is 1.25 bits per heavy atom. The quantitative estimate of drug-likeness (QED) is 0.738. The van der Waals surface area contributed by atoms with Crippen molar-refractivity contribution in [3.63, 3.8) is 0 Å². The molecule has 1 aromatic carbocycles. The summed E-state index contributed by atoms with van der Waals surface area (Å²) in [5.41, 5.74) is -0.0706. The molecule has 1 saturated heterocycles. The summed E-state index contributed by atoms with van der Waals surface area (Å²) in [5.74, 6) is -0.594. The molecular weight excluding hydrogens is 324 g/mol. The van der Waals surface area contributed by atoms with Crippen molar-refractivity contribution in [2.45, 2.75) is 45.8 Å². The van der Waals surface area contributed by atoms with Crippen LogP contribution in [0.2, 0.25) is 0 Å². The molecule has 1 aliphatic heterocycles. The van der Waals surface area contributed by atoms with E-state index in [1.807, 2.05) is 33.8 Å². The molecule has 3 nitrogen and oxygen atoms in total. The lowest BCUT2D eigenvalue weighted by molar-refractivity contribution is 0.00578. The van der Waals surface area contributed by atoms with Gasteiger partial charge in [-0.05, 0) is 56.1 Å². The summed E-state index contributed by atoms with van der Waals surface area (Å²) in [6.45, 7) is 9.42. The minimum atomic E-state index is -0.807. The number of benzene rings is 1. The van der Waals surface area contributed by atoms with Gasteiger partial charge in [0.15, 0.2) is 0 Å². The second-order valence-corrected chi connectivity index (χ2v) is 6.78. The molecule has 20 heavy (non-hydrogen) atoms. The average Bonchev–Trinajstić information content (AvgIpc) is 2.54. The highest BCUT2D eigenvalue weighted by Crippen LogP contribution is 2.37. The molecule has 1 heterocycles. The predicted molar refractivity (Wildman–Crippen MR) is 79.3 cm³/mol. The van der Waals surface area contributed by atoms with Gasteiger partial charge in [0.1, 0.15) is 17.4 Å². The van der Waals surface area contributed by atoms with Gasteiger partial charge in [0.05, 0.1) is 11.2 Å². The van der Waals surface area contributed by atoms with Gasteiger partial charge in [-0.2, -0.15) is 5.26 Å². The molecule has 0 aliphatic carbocycles. The van der Waals surface area contributed by atoms with E-state index >= 15 is 0 Å². The number of halogens is 2. The van der Waals surface area contributed by atoms with Crippen LogP contribution in [0, 0.1) is 24.1 Å². The Morgan fingerprint density at radius 3 is 2.20 bits per heavy atom. The van der Waals surface area contributed by atoms with Crippen LogP contribution in [0.25, 0.3) is 0 Å². The highest BCUT2D eigenvalue weighted by Gasteiger charge is 2.52. The Morgan fingerprint density at radius 2 is 1.75 bits per heavy atom. The Kier molecular flexibility index (Phi) is 3.74. The van der Waals surface area contributed by atoms with Crippen LogP contribution in [0.5, 0.6) is 0 Å². The van der Waals surface area contributed by atoms with Crippen LogP contribution >= 0.6 is 15.9 Å². The second-order valence-electron chi connectivity index (χ2n) is 5.99. The number of hydrogen-bond donors (Lipinski definition) is 0. The minimum absolute atomic E-state index is 0.0188. The Balaban J connectivity index is 2.52. The van der Waals surface area contributed by atoms with Gasteiger partial charge in [-0.1, -0.05) is 6.07 Å². The molecule has 1 fully saturated rings. The van der Waals surface area contributed by atoms with Crippen molar-refractivity contribution in [1.29, 1.82) is 5.26 Å². The van der Waals surface area contributed by atoms with E-state index in [9.17, 15) is 4.39 Å². The van der Waals surface area contributed by atoms with Gasteiger partial charge in [-0.3, -0.25) is 0 Å². The molecule has 0 atom stereocenters. The minimum Gasteiger partial charge on any atom is -0.399 e. The smallest absolute Gasteiger partial charge is 0.399 e. The van der Waals surface area contributed by atoms with Gasteiger partial charge in [0.25, 0.3) is 0 Å². The number of aryl methyl sites for hydroxylation is 1. The highest BCUT2D eigenvalue weighted by atomic mass is 79.9. The maximum absolute atomic E-state index is 14.5. The monoisotopic (exact) mass is 339 g/mol. The summed E-state index contributed by atoms with van der Waals surface area (Å²) < 4.78 is 26.6. The van der Waals surface area contributed by atoms with E-state index in [-0.39, 0.29) is 11.0 Å². The molecule has 0 radical (unpaired) electrons. The standard InChI is InChI=1S/C14H16BBrFNO2/c1-8-6-10(12(17)9(7-18)11(8)16)15-19-13(2,3)14(4,5)20-15/h6H,1-5H3. The molecule has 0 N–H and O–H groups in total. The first kappa shape index (κ1) is 15.5. The van der Waals surface area contributed by atoms with Crippen molar-refractivity contribution in [3.05, 3.63) is 27.5 Å². The van der Waals surface area contributed by atoms with Gasteiger partial charge >= 0.3 is 7.12 Å². The third kappa shape index (κ3) is 2.28. The van der Waals surface area contributed by atoms with Gasteiger partial charge in [-0.25, -0.2) is 4.39 Å². The maximum Gasteiger partial charge on any atom is 0.497 e. The summed E-state index contributed by atoms with van der Waals surface area (Å²) in [6, 6.07) is 3.53. The topological polar surface area (TPSA) is 42.2 Å². The average molecular weight is 340 g/mol. The molecule has 1 aromatic rings. The van der Waals surface area contributed by atoms with Crippen molar-refractivity contribution < 1.29 is 13.7 Å². The molecule has 0 saturated carbocycles. The largest absolute Gasteiger partial charge is 0.497 e. The normalized spacial score (nSPS) is 20.0. The number of nitriles is 1. The zero-order chi connectivity index (χ0) is 15.3. The lowest BCUT2D eigenvalue weighted by Gasteiger charge is -2.32. The maximum atomic E-state index is 14.5.